The lowest BCUT2D eigenvalue weighted by molar-refractivity contribution is -0.298. The first-order valence-corrected chi connectivity index (χ1v) is 8.97. The van der Waals surface area contributed by atoms with Gasteiger partial charge in [0, 0.05) is 30.4 Å². The Balaban J connectivity index is 3.47. The number of hydrogen-bond acceptors (Lipinski definition) is 11. The van der Waals surface area contributed by atoms with Gasteiger partial charge in [-0.05, 0) is 0 Å². The molecule has 32 heavy (non-hydrogen) atoms. The monoisotopic (exact) mass is 450 g/mol. The van der Waals surface area contributed by atoms with E-state index in [0.717, 1.165) is 30.4 Å². The van der Waals surface area contributed by atoms with Gasteiger partial charge in [-0.3, -0.25) is 0 Å². The van der Waals surface area contributed by atoms with Gasteiger partial charge in [-0.15, -0.1) is 0 Å². The normalized spacial score (nSPS) is 23.9. The molecule has 0 aromatic heterocycles. The maximum Gasteiger partial charge on any atom is 0.332 e. The Labute approximate surface area is 183 Å². The van der Waals surface area contributed by atoms with Crippen LogP contribution < -0.4 is 0 Å². The van der Waals surface area contributed by atoms with Crippen LogP contribution in [0.15, 0.2) is 63.3 Å². The molecule has 172 valence electrons. The highest BCUT2D eigenvalue weighted by Gasteiger charge is 2.54. The average Bonchev–Trinajstić information content (AvgIpc) is 2.80. The van der Waals surface area contributed by atoms with Crippen molar-refractivity contribution in [3.05, 3.63) is 63.3 Å². The van der Waals surface area contributed by atoms with E-state index in [2.05, 4.69) is 32.9 Å². The number of rotatable bonds is 11. The molecule has 0 bridgehead atoms. The number of carbonyl (C=O) groups is 5. The molecule has 0 saturated carbocycles. The Morgan fingerprint density at radius 2 is 1.00 bits per heavy atom. The van der Waals surface area contributed by atoms with Gasteiger partial charge in [0.25, 0.3) is 0 Å². The number of esters is 5. The summed E-state index contributed by atoms with van der Waals surface area (Å²) in [6.45, 7) is 15.7. The Morgan fingerprint density at radius 1 is 0.594 bits per heavy atom. The van der Waals surface area contributed by atoms with Crippen LogP contribution in [-0.2, 0) is 52.4 Å². The summed E-state index contributed by atoms with van der Waals surface area (Å²) in [4.78, 5) is 59.0. The fourth-order valence-corrected chi connectivity index (χ4v) is 2.44. The highest BCUT2D eigenvalue weighted by Crippen LogP contribution is 2.30. The number of ether oxygens (including phenoxy) is 6. The van der Waals surface area contributed by atoms with Crippen LogP contribution in [0.2, 0.25) is 0 Å². The predicted octanol–water partition coefficient (Wildman–Crippen LogP) is 0.463. The van der Waals surface area contributed by atoms with Crippen LogP contribution in [0.25, 0.3) is 0 Å². The summed E-state index contributed by atoms with van der Waals surface area (Å²) in [7, 11) is 0. The molecular weight excluding hydrogens is 428 g/mol. The number of carbonyl (C=O) groups excluding carboxylic acids is 5. The smallest absolute Gasteiger partial charge is 0.332 e. The minimum absolute atomic E-state index is 0.549. The summed E-state index contributed by atoms with van der Waals surface area (Å²) >= 11 is 0. The van der Waals surface area contributed by atoms with Gasteiger partial charge in [0.1, 0.15) is 12.7 Å². The predicted molar refractivity (Wildman–Crippen MR) is 106 cm³/mol. The van der Waals surface area contributed by atoms with Gasteiger partial charge >= 0.3 is 29.8 Å². The lowest BCUT2D eigenvalue weighted by Gasteiger charge is -2.43. The Morgan fingerprint density at radius 3 is 1.47 bits per heavy atom. The lowest BCUT2D eigenvalue weighted by Crippen LogP contribution is -2.63. The van der Waals surface area contributed by atoms with E-state index in [9.17, 15) is 24.0 Å². The molecule has 1 aliphatic rings. The summed E-state index contributed by atoms with van der Waals surface area (Å²) in [5, 5.41) is 0. The van der Waals surface area contributed by atoms with E-state index in [1.54, 1.807) is 0 Å². The van der Waals surface area contributed by atoms with Gasteiger partial charge in [0.15, 0.2) is 12.2 Å². The van der Waals surface area contributed by atoms with E-state index in [1.807, 2.05) is 0 Å². The van der Waals surface area contributed by atoms with Crippen LogP contribution in [0.1, 0.15) is 0 Å². The second kappa shape index (κ2) is 12.6. The van der Waals surface area contributed by atoms with Gasteiger partial charge in [-0.2, -0.15) is 0 Å². The molecule has 1 rings (SSSR count). The highest BCUT2D eigenvalue weighted by atomic mass is 16.7. The second-order valence-corrected chi connectivity index (χ2v) is 5.83. The van der Waals surface area contributed by atoms with E-state index >= 15 is 0 Å². The van der Waals surface area contributed by atoms with Crippen molar-refractivity contribution < 1.29 is 52.4 Å². The van der Waals surface area contributed by atoms with Crippen molar-refractivity contribution in [2.24, 2.45) is 0 Å². The standard InChI is InChI=1S/C21H22O11/c1-6-13(22)27-11-12-18(29-14(23)7-2)19(30-15(24)8-3)20(31-16(25)9-4)21(28-12)32-17(26)10-5/h6-10,12,18-21H,1-5,11H2/t12-,18-,19+,20-,21+/m1/s1. The maximum atomic E-state index is 12.0. The van der Waals surface area contributed by atoms with Crippen molar-refractivity contribution in [1.82, 2.24) is 0 Å². The first kappa shape index (κ1) is 26.0. The highest BCUT2D eigenvalue weighted by molar-refractivity contribution is 5.84. The molecule has 11 nitrogen and oxygen atoms in total. The lowest BCUT2D eigenvalue weighted by atomic mass is 9.98. The molecule has 1 saturated heterocycles. The Hall–Kier alpha value is -3.99. The van der Waals surface area contributed by atoms with Crippen molar-refractivity contribution in [2.45, 2.75) is 30.7 Å². The third-order valence-corrected chi connectivity index (χ3v) is 3.80. The van der Waals surface area contributed by atoms with Crippen molar-refractivity contribution >= 4 is 29.8 Å². The van der Waals surface area contributed by atoms with Gasteiger partial charge in [0.05, 0.1) is 0 Å². The van der Waals surface area contributed by atoms with E-state index in [1.165, 1.54) is 0 Å². The molecule has 0 N–H and O–H groups in total. The van der Waals surface area contributed by atoms with Crippen molar-refractivity contribution in [3.63, 3.8) is 0 Å². The SMILES string of the molecule is C=CC(=O)OC[C@H]1O[C@@H](OC(=O)C=C)[C@H](OC(=O)C=C)[C@@H](OC(=O)C=C)[C@@H]1OC(=O)C=C. The summed E-state index contributed by atoms with van der Waals surface area (Å²) < 4.78 is 31.2. The van der Waals surface area contributed by atoms with E-state index in [0.29, 0.717) is 0 Å². The van der Waals surface area contributed by atoms with E-state index < -0.39 is 67.2 Å². The van der Waals surface area contributed by atoms with Gasteiger partial charge < -0.3 is 28.4 Å². The molecule has 0 aromatic rings. The van der Waals surface area contributed by atoms with E-state index in [-0.39, 0.29) is 0 Å². The van der Waals surface area contributed by atoms with Gasteiger partial charge in [-0.1, -0.05) is 32.9 Å². The fraction of sp³-hybridized carbons (Fsp3) is 0.286. The molecule has 0 amide bonds. The molecule has 0 radical (unpaired) electrons. The first-order chi connectivity index (χ1) is 15.2. The van der Waals surface area contributed by atoms with Crippen LogP contribution in [0.3, 0.4) is 0 Å². The molecule has 0 aliphatic carbocycles. The minimum atomic E-state index is -1.68. The summed E-state index contributed by atoms with van der Waals surface area (Å²) in [5.74, 6) is -4.78. The van der Waals surface area contributed by atoms with Crippen LogP contribution in [0.5, 0.6) is 0 Å². The van der Waals surface area contributed by atoms with Crippen LogP contribution in [0, 0.1) is 0 Å². The fourth-order valence-electron chi connectivity index (χ4n) is 2.44. The maximum absolute atomic E-state index is 12.0. The molecule has 0 aromatic carbocycles. The quantitative estimate of drug-likeness (QED) is 0.246. The van der Waals surface area contributed by atoms with Gasteiger partial charge in [0.2, 0.25) is 12.4 Å². The van der Waals surface area contributed by atoms with Gasteiger partial charge in [-0.25, -0.2) is 24.0 Å². The molecule has 11 heteroatoms. The third kappa shape index (κ3) is 7.36. The van der Waals surface area contributed by atoms with Crippen LogP contribution >= 0.6 is 0 Å². The third-order valence-electron chi connectivity index (χ3n) is 3.80. The Bertz CT molecular complexity index is 813. The molecule has 5 atom stereocenters. The summed E-state index contributed by atoms with van der Waals surface area (Å²) in [5.41, 5.74) is 0. The average molecular weight is 450 g/mol. The first-order valence-electron chi connectivity index (χ1n) is 8.97. The zero-order valence-corrected chi connectivity index (χ0v) is 17.0. The van der Waals surface area contributed by atoms with E-state index in [4.69, 9.17) is 28.4 Å². The molecular formula is C21H22O11. The Kier molecular flexibility index (Phi) is 10.3. The largest absolute Gasteiger partial charge is 0.460 e. The zero-order chi connectivity index (χ0) is 24.3. The summed E-state index contributed by atoms with van der Waals surface area (Å²) in [6, 6.07) is 0. The molecule has 0 unspecified atom stereocenters. The van der Waals surface area contributed by atoms with Crippen LogP contribution in [0.4, 0.5) is 0 Å². The second-order valence-electron chi connectivity index (χ2n) is 5.83. The minimum Gasteiger partial charge on any atom is -0.460 e. The topological polar surface area (TPSA) is 141 Å². The van der Waals surface area contributed by atoms with Crippen molar-refractivity contribution in [1.29, 1.82) is 0 Å². The molecule has 1 fully saturated rings. The molecule has 1 aliphatic heterocycles. The zero-order valence-electron chi connectivity index (χ0n) is 17.0. The summed E-state index contributed by atoms with van der Waals surface area (Å²) in [6.07, 6.45) is -3.65. The van der Waals surface area contributed by atoms with Crippen molar-refractivity contribution in [3.8, 4) is 0 Å². The van der Waals surface area contributed by atoms with Crippen molar-refractivity contribution in [2.75, 3.05) is 6.61 Å². The molecule has 1 heterocycles. The molecule has 0 spiro atoms. The number of hydrogen-bond donors (Lipinski definition) is 0. The van der Waals surface area contributed by atoms with Crippen LogP contribution in [-0.4, -0.2) is 67.2 Å².